The van der Waals surface area contributed by atoms with Crippen molar-refractivity contribution in [2.24, 2.45) is 0 Å². The van der Waals surface area contributed by atoms with Crippen molar-refractivity contribution < 1.29 is 13.2 Å². The number of carbonyl (C=O) groups excluding carboxylic acids is 1. The Kier molecular flexibility index (Phi) is 6.27. The molecule has 1 heterocycles. The van der Waals surface area contributed by atoms with Gasteiger partial charge in [0.2, 0.25) is 0 Å². The molecule has 0 atom stereocenters. The van der Waals surface area contributed by atoms with Crippen molar-refractivity contribution in [1.29, 1.82) is 0 Å². The molecule has 22 heavy (non-hydrogen) atoms. The largest absolute Gasteiger partial charge is 0.331 e. The highest BCUT2D eigenvalue weighted by molar-refractivity contribution is 7.91. The molecule has 0 spiro atoms. The molecule has 0 aliphatic carbocycles. The van der Waals surface area contributed by atoms with Gasteiger partial charge in [0.15, 0.2) is 9.84 Å². The first-order valence-corrected chi connectivity index (χ1v) is 9.62. The zero-order chi connectivity index (χ0) is 17.1. The highest BCUT2D eigenvalue weighted by Gasteiger charge is 2.35. The van der Waals surface area contributed by atoms with E-state index >= 15 is 0 Å². The van der Waals surface area contributed by atoms with Gasteiger partial charge in [0.25, 0.3) is 0 Å². The SMILES string of the molecule is CC(C)S(=O)(=O)CCCN1CCN(C(=O)N(C)C)CC1(C)C. The van der Waals surface area contributed by atoms with E-state index in [1.54, 1.807) is 32.8 Å². The van der Waals surface area contributed by atoms with Gasteiger partial charge in [-0.05, 0) is 40.7 Å². The molecule has 0 bridgehead atoms. The van der Waals surface area contributed by atoms with Gasteiger partial charge >= 0.3 is 6.03 Å². The molecule has 1 aliphatic heterocycles. The first-order chi connectivity index (χ1) is 9.97. The monoisotopic (exact) mass is 333 g/mol. The van der Waals surface area contributed by atoms with Crippen LogP contribution >= 0.6 is 0 Å². The fourth-order valence-electron chi connectivity index (χ4n) is 2.74. The second-order valence-corrected chi connectivity index (χ2v) is 9.84. The second kappa shape index (κ2) is 7.17. The molecule has 2 amide bonds. The fraction of sp³-hybridized carbons (Fsp3) is 0.933. The summed E-state index contributed by atoms with van der Waals surface area (Å²) in [4.78, 5) is 17.8. The Morgan fingerprint density at radius 2 is 1.82 bits per heavy atom. The Labute approximate surface area is 135 Å². The van der Waals surface area contributed by atoms with Crippen LogP contribution in [-0.2, 0) is 9.84 Å². The molecule has 7 heteroatoms. The van der Waals surface area contributed by atoms with Crippen molar-refractivity contribution in [2.75, 3.05) is 46.0 Å². The van der Waals surface area contributed by atoms with Crippen LogP contribution in [0.2, 0.25) is 0 Å². The fourth-order valence-corrected chi connectivity index (χ4v) is 3.75. The number of carbonyl (C=O) groups is 1. The summed E-state index contributed by atoms with van der Waals surface area (Å²) in [5.74, 6) is 0.234. The van der Waals surface area contributed by atoms with Gasteiger partial charge in [0.1, 0.15) is 0 Å². The molecule has 0 aromatic heterocycles. The summed E-state index contributed by atoms with van der Waals surface area (Å²) < 4.78 is 23.7. The number of urea groups is 1. The maximum atomic E-state index is 12.1. The van der Waals surface area contributed by atoms with Crippen LogP contribution in [0.3, 0.4) is 0 Å². The number of rotatable bonds is 5. The average molecular weight is 333 g/mol. The van der Waals surface area contributed by atoms with Crippen molar-refractivity contribution in [1.82, 2.24) is 14.7 Å². The van der Waals surface area contributed by atoms with E-state index in [-0.39, 0.29) is 22.6 Å². The van der Waals surface area contributed by atoms with Crippen LogP contribution in [0, 0.1) is 0 Å². The first kappa shape index (κ1) is 19.2. The van der Waals surface area contributed by atoms with Gasteiger partial charge < -0.3 is 9.80 Å². The summed E-state index contributed by atoms with van der Waals surface area (Å²) >= 11 is 0. The van der Waals surface area contributed by atoms with Crippen molar-refractivity contribution in [3.63, 3.8) is 0 Å². The summed E-state index contributed by atoms with van der Waals surface area (Å²) in [5, 5.41) is -0.310. The quantitative estimate of drug-likeness (QED) is 0.760. The van der Waals surface area contributed by atoms with Gasteiger partial charge in [-0.25, -0.2) is 13.2 Å². The summed E-state index contributed by atoms with van der Waals surface area (Å²) in [7, 11) is 0.555. The molecule has 0 aromatic carbocycles. The van der Waals surface area contributed by atoms with E-state index in [0.29, 0.717) is 19.5 Å². The van der Waals surface area contributed by atoms with E-state index in [1.807, 2.05) is 4.90 Å². The standard InChI is InChI=1S/C15H31N3O3S/c1-13(2)22(20,21)11-7-8-18-10-9-17(12-15(18,3)4)14(19)16(5)6/h13H,7-12H2,1-6H3. The van der Waals surface area contributed by atoms with Crippen LogP contribution in [0.25, 0.3) is 0 Å². The molecule has 1 saturated heterocycles. The van der Waals surface area contributed by atoms with Crippen molar-refractivity contribution in [2.45, 2.75) is 44.9 Å². The second-order valence-electron chi connectivity index (χ2n) is 7.17. The van der Waals surface area contributed by atoms with Gasteiger partial charge in [0.05, 0.1) is 11.0 Å². The van der Waals surface area contributed by atoms with Crippen LogP contribution in [0.15, 0.2) is 0 Å². The van der Waals surface area contributed by atoms with Gasteiger partial charge in [-0.1, -0.05) is 0 Å². The molecule has 0 saturated carbocycles. The van der Waals surface area contributed by atoms with E-state index in [4.69, 9.17) is 0 Å². The average Bonchev–Trinajstić information content (AvgIpc) is 2.38. The van der Waals surface area contributed by atoms with Gasteiger partial charge in [-0.3, -0.25) is 4.90 Å². The maximum absolute atomic E-state index is 12.1. The van der Waals surface area contributed by atoms with E-state index < -0.39 is 9.84 Å². The summed E-state index contributed by atoms with van der Waals surface area (Å²) in [6, 6.07) is 0.0371. The third-order valence-corrected chi connectivity index (χ3v) is 6.60. The van der Waals surface area contributed by atoms with E-state index in [1.165, 1.54) is 0 Å². The normalized spacial score (nSPS) is 19.5. The van der Waals surface area contributed by atoms with Crippen LogP contribution in [-0.4, -0.2) is 86.0 Å². The topological polar surface area (TPSA) is 60.9 Å². The van der Waals surface area contributed by atoms with Crippen molar-refractivity contribution in [3.8, 4) is 0 Å². The zero-order valence-corrected chi connectivity index (χ0v) is 15.6. The van der Waals surface area contributed by atoms with Crippen LogP contribution in [0.4, 0.5) is 4.79 Å². The molecule has 1 fully saturated rings. The molecule has 6 nitrogen and oxygen atoms in total. The molecule has 130 valence electrons. The number of piperazine rings is 1. The minimum Gasteiger partial charge on any atom is -0.331 e. The highest BCUT2D eigenvalue weighted by atomic mass is 32.2. The van der Waals surface area contributed by atoms with Gasteiger partial charge in [0, 0.05) is 39.3 Å². The molecular formula is C15H31N3O3S. The van der Waals surface area contributed by atoms with Crippen LogP contribution < -0.4 is 0 Å². The van der Waals surface area contributed by atoms with Gasteiger partial charge in [-0.15, -0.1) is 0 Å². The van der Waals surface area contributed by atoms with E-state index in [9.17, 15) is 13.2 Å². The number of hydrogen-bond donors (Lipinski definition) is 0. The minimum absolute atomic E-state index is 0.0371. The number of amides is 2. The third-order valence-electron chi connectivity index (χ3n) is 4.30. The van der Waals surface area contributed by atoms with Crippen molar-refractivity contribution >= 4 is 15.9 Å². The lowest BCUT2D eigenvalue weighted by atomic mass is 9.98. The maximum Gasteiger partial charge on any atom is 0.319 e. The predicted octanol–water partition coefficient (Wildman–Crippen LogP) is 1.28. The highest BCUT2D eigenvalue weighted by Crippen LogP contribution is 2.22. The molecule has 0 radical (unpaired) electrons. The minimum atomic E-state index is -2.97. The number of sulfone groups is 1. The molecule has 1 aliphatic rings. The number of hydrogen-bond acceptors (Lipinski definition) is 4. The van der Waals surface area contributed by atoms with E-state index in [0.717, 1.165) is 13.1 Å². The lowest BCUT2D eigenvalue weighted by Gasteiger charge is -2.47. The molecule has 0 aromatic rings. The van der Waals surface area contributed by atoms with Crippen LogP contribution in [0.1, 0.15) is 34.1 Å². The first-order valence-electron chi connectivity index (χ1n) is 7.90. The summed E-state index contributed by atoms with van der Waals surface area (Å²) in [6.07, 6.45) is 0.644. The lowest BCUT2D eigenvalue weighted by molar-refractivity contribution is 0.0306. The number of nitrogens with zero attached hydrogens (tertiary/aromatic N) is 3. The lowest BCUT2D eigenvalue weighted by Crippen LogP contribution is -2.61. The summed E-state index contributed by atoms with van der Waals surface area (Å²) in [6.45, 7) is 10.6. The Balaban J connectivity index is 2.56. The molecule has 1 rings (SSSR count). The molecule has 0 unspecified atom stereocenters. The Morgan fingerprint density at radius 3 is 2.27 bits per heavy atom. The zero-order valence-electron chi connectivity index (χ0n) is 14.8. The Hall–Kier alpha value is -0.820. The van der Waals surface area contributed by atoms with Crippen LogP contribution in [0.5, 0.6) is 0 Å². The van der Waals surface area contributed by atoms with Crippen molar-refractivity contribution in [3.05, 3.63) is 0 Å². The third kappa shape index (κ3) is 4.84. The predicted molar refractivity (Wildman–Crippen MR) is 89.8 cm³/mol. The van der Waals surface area contributed by atoms with E-state index in [2.05, 4.69) is 18.7 Å². The summed E-state index contributed by atoms with van der Waals surface area (Å²) in [5.41, 5.74) is -0.133. The van der Waals surface area contributed by atoms with Gasteiger partial charge in [-0.2, -0.15) is 0 Å². The molecule has 0 N–H and O–H groups in total. The Morgan fingerprint density at radius 1 is 1.23 bits per heavy atom. The smallest absolute Gasteiger partial charge is 0.319 e. The molecular weight excluding hydrogens is 302 g/mol. The Bertz CT molecular complexity index is 486.